The van der Waals surface area contributed by atoms with Gasteiger partial charge in [0.25, 0.3) is 5.91 Å². The van der Waals surface area contributed by atoms with E-state index in [9.17, 15) is 4.79 Å². The van der Waals surface area contributed by atoms with Crippen LogP contribution >= 0.6 is 0 Å². The highest BCUT2D eigenvalue weighted by Gasteiger charge is 2.11. The van der Waals surface area contributed by atoms with Gasteiger partial charge in [-0.2, -0.15) is 0 Å². The van der Waals surface area contributed by atoms with E-state index in [2.05, 4.69) is 29.4 Å². The molecule has 134 valence electrons. The average Bonchev–Trinajstić information content (AvgIpc) is 3.21. The Morgan fingerprint density at radius 1 is 1.08 bits per heavy atom. The Labute approximate surface area is 152 Å². The molecular formula is C20H21N3O3. The summed E-state index contributed by atoms with van der Waals surface area (Å²) in [5.74, 6) is 0.863. The minimum atomic E-state index is -0.179. The molecule has 0 saturated heterocycles. The van der Waals surface area contributed by atoms with Gasteiger partial charge in [-0.15, -0.1) is 10.2 Å². The van der Waals surface area contributed by atoms with Crippen LogP contribution in [0.1, 0.15) is 25.0 Å². The molecule has 0 bridgehead atoms. The number of carbonyl (C=O) groups is 1. The number of nitrogens with one attached hydrogen (secondary N) is 1. The predicted molar refractivity (Wildman–Crippen MR) is 99.1 cm³/mol. The van der Waals surface area contributed by atoms with Crippen LogP contribution in [0.4, 0.5) is 5.69 Å². The van der Waals surface area contributed by atoms with E-state index in [1.54, 1.807) is 12.1 Å². The number of hydrogen-bond acceptors (Lipinski definition) is 5. The van der Waals surface area contributed by atoms with Crippen molar-refractivity contribution in [3.63, 3.8) is 0 Å². The smallest absolute Gasteiger partial charge is 0.262 e. The fraction of sp³-hybridized carbons (Fsp3) is 0.250. The van der Waals surface area contributed by atoms with Crippen LogP contribution in [0.25, 0.3) is 11.5 Å². The molecule has 0 aliphatic rings. The molecule has 0 unspecified atom stereocenters. The first kappa shape index (κ1) is 17.7. The summed E-state index contributed by atoms with van der Waals surface area (Å²) in [7, 11) is 0. The minimum absolute atomic E-state index is 0.0545. The van der Waals surface area contributed by atoms with Crippen LogP contribution in [0.3, 0.4) is 0 Å². The number of nitrogens with zero attached hydrogens (tertiary/aromatic N) is 2. The number of para-hydroxylation sites is 1. The second-order valence-electron chi connectivity index (χ2n) is 5.76. The lowest BCUT2D eigenvalue weighted by Gasteiger charge is -2.14. The van der Waals surface area contributed by atoms with Crippen LogP contribution in [0.15, 0.2) is 53.3 Å². The predicted octanol–water partition coefficient (Wildman–Crippen LogP) is 3.88. The van der Waals surface area contributed by atoms with Crippen molar-refractivity contribution in [1.29, 1.82) is 0 Å². The first-order chi connectivity index (χ1) is 12.7. The van der Waals surface area contributed by atoms with E-state index in [1.165, 1.54) is 6.39 Å². The summed E-state index contributed by atoms with van der Waals surface area (Å²) in [6, 6.07) is 13.2. The number of carbonyl (C=O) groups excluding carboxylic acids is 1. The number of anilines is 1. The zero-order valence-corrected chi connectivity index (χ0v) is 14.9. The quantitative estimate of drug-likeness (QED) is 0.699. The molecule has 6 nitrogen and oxygen atoms in total. The molecule has 0 saturated carbocycles. The number of rotatable bonds is 7. The van der Waals surface area contributed by atoms with E-state index in [1.807, 2.05) is 30.3 Å². The Balaban J connectivity index is 1.61. The fourth-order valence-corrected chi connectivity index (χ4v) is 2.72. The van der Waals surface area contributed by atoms with E-state index in [4.69, 9.17) is 9.15 Å². The van der Waals surface area contributed by atoms with E-state index >= 15 is 0 Å². The highest BCUT2D eigenvalue weighted by atomic mass is 16.5. The Morgan fingerprint density at radius 2 is 1.77 bits per heavy atom. The lowest BCUT2D eigenvalue weighted by molar-refractivity contribution is -0.118. The van der Waals surface area contributed by atoms with Crippen molar-refractivity contribution >= 4 is 11.6 Å². The molecule has 1 aromatic heterocycles. The van der Waals surface area contributed by atoms with Crippen molar-refractivity contribution in [2.45, 2.75) is 26.7 Å². The van der Waals surface area contributed by atoms with Gasteiger partial charge in [-0.1, -0.05) is 32.0 Å². The number of hydrogen-bond donors (Lipinski definition) is 1. The molecular weight excluding hydrogens is 330 g/mol. The van der Waals surface area contributed by atoms with Crippen LogP contribution < -0.4 is 10.1 Å². The van der Waals surface area contributed by atoms with Crippen LogP contribution in [-0.2, 0) is 17.6 Å². The third-order valence-electron chi connectivity index (χ3n) is 4.09. The van der Waals surface area contributed by atoms with Crippen molar-refractivity contribution in [3.8, 4) is 17.2 Å². The van der Waals surface area contributed by atoms with Crippen molar-refractivity contribution in [3.05, 3.63) is 60.0 Å². The molecule has 3 aromatic rings. The summed E-state index contributed by atoms with van der Waals surface area (Å²) in [6.45, 7) is 4.10. The lowest BCUT2D eigenvalue weighted by Crippen LogP contribution is -2.21. The minimum Gasteiger partial charge on any atom is -0.484 e. The maximum Gasteiger partial charge on any atom is 0.262 e. The van der Waals surface area contributed by atoms with Gasteiger partial charge in [0.15, 0.2) is 6.61 Å². The Hall–Kier alpha value is -3.15. The first-order valence-electron chi connectivity index (χ1n) is 8.61. The molecule has 1 heterocycles. The molecule has 6 heteroatoms. The average molecular weight is 351 g/mol. The molecule has 0 aliphatic heterocycles. The second kappa shape index (κ2) is 8.29. The highest BCUT2D eigenvalue weighted by molar-refractivity contribution is 5.93. The summed E-state index contributed by atoms with van der Waals surface area (Å²) >= 11 is 0. The van der Waals surface area contributed by atoms with Crippen molar-refractivity contribution < 1.29 is 13.9 Å². The summed E-state index contributed by atoms with van der Waals surface area (Å²) in [5, 5.41) is 10.5. The largest absolute Gasteiger partial charge is 0.484 e. The first-order valence-corrected chi connectivity index (χ1v) is 8.61. The molecule has 0 spiro atoms. The third-order valence-corrected chi connectivity index (χ3v) is 4.09. The zero-order valence-electron chi connectivity index (χ0n) is 14.9. The standard InChI is InChI=1S/C20H21N3O3/c1-3-14-6-5-7-15(4-2)19(14)22-18(24)12-25-17-10-8-16(9-11-17)20-23-21-13-26-20/h5-11,13H,3-4,12H2,1-2H3,(H,22,24). The van der Waals surface area contributed by atoms with Crippen LogP contribution in [0.5, 0.6) is 5.75 Å². The summed E-state index contributed by atoms with van der Waals surface area (Å²) < 4.78 is 10.7. The van der Waals surface area contributed by atoms with Gasteiger partial charge in [0.2, 0.25) is 12.3 Å². The number of ether oxygens (including phenoxy) is 1. The topological polar surface area (TPSA) is 77.2 Å². The molecule has 0 aliphatic carbocycles. The number of aromatic nitrogens is 2. The maximum atomic E-state index is 12.3. The summed E-state index contributed by atoms with van der Waals surface area (Å²) in [6.07, 6.45) is 3.01. The second-order valence-corrected chi connectivity index (χ2v) is 5.76. The molecule has 26 heavy (non-hydrogen) atoms. The van der Waals surface area contributed by atoms with E-state index in [-0.39, 0.29) is 12.5 Å². The molecule has 2 aromatic carbocycles. The number of amides is 1. The van der Waals surface area contributed by atoms with Crippen molar-refractivity contribution in [2.75, 3.05) is 11.9 Å². The van der Waals surface area contributed by atoms with Gasteiger partial charge < -0.3 is 14.5 Å². The molecule has 3 rings (SSSR count). The monoisotopic (exact) mass is 351 g/mol. The molecule has 0 fully saturated rings. The van der Waals surface area contributed by atoms with Crippen molar-refractivity contribution in [2.24, 2.45) is 0 Å². The van der Waals surface area contributed by atoms with Crippen molar-refractivity contribution in [1.82, 2.24) is 10.2 Å². The molecule has 1 N–H and O–H groups in total. The Morgan fingerprint density at radius 3 is 2.35 bits per heavy atom. The van der Waals surface area contributed by atoms with Crippen LogP contribution in [0.2, 0.25) is 0 Å². The summed E-state index contributed by atoms with van der Waals surface area (Å²) in [4.78, 5) is 12.3. The van der Waals surface area contributed by atoms with E-state index in [0.717, 1.165) is 35.2 Å². The number of aryl methyl sites for hydroxylation is 2. The van der Waals surface area contributed by atoms with Gasteiger partial charge in [-0.3, -0.25) is 4.79 Å². The number of benzene rings is 2. The van der Waals surface area contributed by atoms with Gasteiger partial charge in [0, 0.05) is 11.3 Å². The van der Waals surface area contributed by atoms with E-state index < -0.39 is 0 Å². The summed E-state index contributed by atoms with van der Waals surface area (Å²) in [5.41, 5.74) is 3.95. The Bertz CT molecular complexity index is 836. The fourth-order valence-electron chi connectivity index (χ4n) is 2.72. The van der Waals surface area contributed by atoms with Gasteiger partial charge in [0.1, 0.15) is 5.75 Å². The van der Waals surface area contributed by atoms with Gasteiger partial charge in [-0.05, 0) is 48.2 Å². The molecule has 0 radical (unpaired) electrons. The Kier molecular flexibility index (Phi) is 5.63. The van der Waals surface area contributed by atoms with E-state index in [0.29, 0.717) is 11.6 Å². The SMILES string of the molecule is CCc1cccc(CC)c1NC(=O)COc1ccc(-c2nnco2)cc1. The molecule has 0 atom stereocenters. The van der Waals surface area contributed by atoms with Gasteiger partial charge >= 0.3 is 0 Å². The van der Waals surface area contributed by atoms with Crippen LogP contribution in [-0.4, -0.2) is 22.7 Å². The third kappa shape index (κ3) is 4.08. The van der Waals surface area contributed by atoms with Crippen LogP contribution in [0, 0.1) is 0 Å². The maximum absolute atomic E-state index is 12.3. The zero-order chi connectivity index (χ0) is 18.4. The van der Waals surface area contributed by atoms with Gasteiger partial charge in [0.05, 0.1) is 0 Å². The molecule has 1 amide bonds. The highest BCUT2D eigenvalue weighted by Crippen LogP contribution is 2.23. The van der Waals surface area contributed by atoms with Gasteiger partial charge in [-0.25, -0.2) is 0 Å². The lowest BCUT2D eigenvalue weighted by atomic mass is 10.0. The normalized spacial score (nSPS) is 10.5.